The first-order chi connectivity index (χ1) is 26.8. The lowest BCUT2D eigenvalue weighted by Gasteiger charge is -2.24. The van der Waals surface area contributed by atoms with Crippen molar-refractivity contribution in [1.29, 1.82) is 0 Å². The monoisotopic (exact) mass is 863 g/mol. The zero-order valence-corrected chi connectivity index (χ0v) is 34.6. The highest BCUT2D eigenvalue weighted by Crippen LogP contribution is 2.32. The van der Waals surface area contributed by atoms with Gasteiger partial charge in [-0.25, -0.2) is 26.6 Å². The lowest BCUT2D eigenvalue weighted by Crippen LogP contribution is -2.41. The fourth-order valence-corrected chi connectivity index (χ4v) is 8.21. The first kappa shape index (κ1) is 42.9. The van der Waals surface area contributed by atoms with Crippen LogP contribution in [0.3, 0.4) is 0 Å². The van der Waals surface area contributed by atoms with Crippen LogP contribution in [0.25, 0.3) is 0 Å². The van der Waals surface area contributed by atoms with E-state index in [-0.39, 0.29) is 31.2 Å². The molecule has 20 heteroatoms. The zero-order chi connectivity index (χ0) is 40.6. The molecular weight excluding hydrogens is 826 g/mol. The number of sulfonamides is 1. The normalized spacial score (nSPS) is 13.9. The number of fused-ring (bicyclic) bond motifs is 1. The smallest absolute Gasteiger partial charge is 0.282 e. The first-order valence-corrected chi connectivity index (χ1v) is 21.4. The van der Waals surface area contributed by atoms with Gasteiger partial charge >= 0.3 is 0 Å². The number of nitrogens with zero attached hydrogens (tertiary/aromatic N) is 3. The van der Waals surface area contributed by atoms with Gasteiger partial charge in [-0.1, -0.05) is 41.4 Å². The Morgan fingerprint density at radius 1 is 0.982 bits per heavy atom. The van der Waals surface area contributed by atoms with E-state index in [1.165, 1.54) is 49.4 Å². The van der Waals surface area contributed by atoms with Crippen molar-refractivity contribution in [3.05, 3.63) is 100 Å². The Morgan fingerprint density at radius 2 is 1.71 bits per heavy atom. The van der Waals surface area contributed by atoms with Gasteiger partial charge in [0.15, 0.2) is 5.71 Å². The number of hydroxylamine groups is 1. The summed E-state index contributed by atoms with van der Waals surface area (Å²) in [7, 11) is -1.60. The van der Waals surface area contributed by atoms with Crippen molar-refractivity contribution in [3.63, 3.8) is 0 Å². The molecule has 4 N–H and O–H groups in total. The molecule has 2 atom stereocenters. The second-order valence-corrected chi connectivity index (χ2v) is 16.7. The quantitative estimate of drug-likeness (QED) is 0.0623. The molecule has 5 rings (SSSR count). The second kappa shape index (κ2) is 19.3. The number of aryl methyl sites for hydroxylation is 1. The van der Waals surface area contributed by atoms with Gasteiger partial charge in [-0.05, 0) is 92.1 Å². The summed E-state index contributed by atoms with van der Waals surface area (Å²) in [5.74, 6) is -1.60. The van der Waals surface area contributed by atoms with E-state index in [1.807, 2.05) is 30.0 Å². The van der Waals surface area contributed by atoms with E-state index in [4.69, 9.17) is 31.7 Å². The third-order valence-corrected chi connectivity index (χ3v) is 12.2. The van der Waals surface area contributed by atoms with Gasteiger partial charge in [0.05, 0.1) is 44.0 Å². The Hall–Kier alpha value is -4.24. The molecule has 0 aromatic heterocycles. The third kappa shape index (κ3) is 10.4. The molecular formula is C36H39Cl2N7O8S3. The Balaban J connectivity index is 1.46. The molecule has 2 unspecified atom stereocenters. The fraction of sp³-hybridized carbons (Fsp3) is 0.250. The summed E-state index contributed by atoms with van der Waals surface area (Å²) in [6.07, 6.45) is 0.578. The molecule has 1 aliphatic heterocycles. The van der Waals surface area contributed by atoms with Crippen molar-refractivity contribution in [2.45, 2.75) is 30.1 Å². The van der Waals surface area contributed by atoms with E-state index < -0.39 is 49.9 Å². The van der Waals surface area contributed by atoms with Gasteiger partial charge in [0.2, 0.25) is 22.3 Å². The van der Waals surface area contributed by atoms with Crippen molar-refractivity contribution < 1.29 is 34.9 Å². The van der Waals surface area contributed by atoms with E-state index in [0.717, 1.165) is 17.3 Å². The summed E-state index contributed by atoms with van der Waals surface area (Å²) < 4.78 is 65.9. The van der Waals surface area contributed by atoms with Crippen LogP contribution in [-0.4, -0.2) is 74.7 Å². The average Bonchev–Trinajstić information content (AvgIpc) is 3.61. The summed E-state index contributed by atoms with van der Waals surface area (Å²) in [6, 6.07) is 20.4. The molecule has 298 valence electrons. The van der Waals surface area contributed by atoms with Crippen LogP contribution in [0.5, 0.6) is 0 Å². The van der Waals surface area contributed by atoms with E-state index in [0.29, 0.717) is 49.5 Å². The van der Waals surface area contributed by atoms with Crippen LogP contribution in [0.2, 0.25) is 10.0 Å². The topological polar surface area (TPSA) is 188 Å². The first-order valence-electron chi connectivity index (χ1n) is 17.0. The number of amides is 2. The van der Waals surface area contributed by atoms with Gasteiger partial charge in [-0.3, -0.25) is 18.5 Å². The summed E-state index contributed by atoms with van der Waals surface area (Å²) in [5, 5.41) is 2.60. The predicted octanol–water partition coefficient (Wildman–Crippen LogP) is 5.22. The Kier molecular flexibility index (Phi) is 14.8. The molecule has 1 aliphatic rings. The number of carbonyl (C=O) groups is 2. The number of halogens is 2. The third-order valence-electron chi connectivity index (χ3n) is 8.49. The maximum atomic E-state index is 14.2. The number of aliphatic imine (C=N–C) groups is 1. The van der Waals surface area contributed by atoms with Gasteiger partial charge in [0, 0.05) is 44.6 Å². The standard InChI is InChI=1S/C36H39Cl2N7O8S3/c1-5-44(19-17-40-55(49)52-4)25-10-15-30(23(2)20-25)41-34(36(47)45-18-16-24-8-6-7-9-33(24)45)35(46)42-31-22-27(12-14-28(31)37)56(50,51)43-32-21-26(11-13-29(32)38)54(48)53-39-3/h6-15,20-22,39-40,43H,5,16-19H2,1-4H3,(H,42,46). The average molecular weight is 865 g/mol. The molecule has 0 saturated carbocycles. The predicted molar refractivity (Wildman–Crippen MR) is 221 cm³/mol. The molecule has 0 bridgehead atoms. The van der Waals surface area contributed by atoms with E-state index >= 15 is 0 Å². The number of hydrogen-bond acceptors (Lipinski definition) is 11. The molecule has 0 radical (unpaired) electrons. The lowest BCUT2D eigenvalue weighted by atomic mass is 10.1. The van der Waals surface area contributed by atoms with Crippen LogP contribution in [0, 0.1) is 6.92 Å². The maximum absolute atomic E-state index is 14.2. The molecule has 0 saturated heterocycles. The highest BCUT2D eigenvalue weighted by Gasteiger charge is 2.32. The zero-order valence-electron chi connectivity index (χ0n) is 30.6. The van der Waals surface area contributed by atoms with Gasteiger partial charge in [-0.15, -0.1) is 0 Å². The largest absolute Gasteiger partial charge is 0.370 e. The summed E-state index contributed by atoms with van der Waals surface area (Å²) in [5.41, 5.74) is 5.09. The van der Waals surface area contributed by atoms with Crippen molar-refractivity contribution in [3.8, 4) is 0 Å². The molecule has 15 nitrogen and oxygen atoms in total. The minimum Gasteiger partial charge on any atom is -0.370 e. The van der Waals surface area contributed by atoms with Gasteiger partial charge in [0.1, 0.15) is 0 Å². The highest BCUT2D eigenvalue weighted by molar-refractivity contribution is 7.92. The van der Waals surface area contributed by atoms with Crippen LogP contribution in [0.1, 0.15) is 18.1 Å². The Morgan fingerprint density at radius 3 is 2.43 bits per heavy atom. The molecule has 56 heavy (non-hydrogen) atoms. The number of para-hydroxylation sites is 1. The van der Waals surface area contributed by atoms with Gasteiger partial charge in [0.25, 0.3) is 21.8 Å². The van der Waals surface area contributed by atoms with E-state index in [9.17, 15) is 26.4 Å². The maximum Gasteiger partial charge on any atom is 0.282 e. The van der Waals surface area contributed by atoms with Gasteiger partial charge in [-0.2, -0.15) is 9.76 Å². The summed E-state index contributed by atoms with van der Waals surface area (Å²) >= 11 is 9.17. The molecule has 4 aromatic rings. The minimum atomic E-state index is -4.36. The molecule has 2 amide bonds. The van der Waals surface area contributed by atoms with Crippen LogP contribution in [-0.2, 0) is 56.8 Å². The Bertz CT molecular complexity index is 2310. The van der Waals surface area contributed by atoms with Crippen molar-refractivity contribution in [2.75, 3.05) is 60.2 Å². The SMILES string of the molecule is CCN(CCNS(=O)OC)c1ccc(N=C(C(=O)Nc2cc(S(=O)(=O)Nc3cc(S(=O)ONC)ccc3Cl)ccc2Cl)C(=O)N2CCc3ccccc32)c(C)c1. The summed E-state index contributed by atoms with van der Waals surface area (Å²) in [6.45, 7) is 5.63. The highest BCUT2D eigenvalue weighted by atomic mass is 35.5. The van der Waals surface area contributed by atoms with Crippen molar-refractivity contribution >= 4 is 102 Å². The van der Waals surface area contributed by atoms with Crippen LogP contribution in [0.4, 0.5) is 28.4 Å². The van der Waals surface area contributed by atoms with Crippen molar-refractivity contribution in [1.82, 2.24) is 10.2 Å². The number of benzene rings is 4. The fourth-order valence-electron chi connectivity index (χ4n) is 5.71. The Labute approximate surface area is 340 Å². The number of nitrogens with one attached hydrogen (secondary N) is 4. The number of likely N-dealkylation sites (N-methyl/N-ethyl adjacent to an activating group) is 1. The molecule has 1 heterocycles. The van der Waals surface area contributed by atoms with Crippen LogP contribution in [0.15, 0.2) is 93.6 Å². The van der Waals surface area contributed by atoms with Gasteiger partial charge < -0.3 is 15.1 Å². The molecule has 0 aliphatic carbocycles. The summed E-state index contributed by atoms with van der Waals surface area (Å²) in [4.78, 5) is 36.3. The molecule has 0 fully saturated rings. The van der Waals surface area contributed by atoms with Crippen LogP contribution < -0.4 is 30.0 Å². The second-order valence-electron chi connectivity index (χ2n) is 12.0. The number of carbonyl (C=O) groups excluding carboxylic acids is 2. The lowest BCUT2D eigenvalue weighted by molar-refractivity contribution is -0.115. The number of anilines is 4. The molecule has 4 aromatic carbocycles. The van der Waals surface area contributed by atoms with Crippen molar-refractivity contribution in [2.24, 2.45) is 4.99 Å². The number of rotatable bonds is 17. The van der Waals surface area contributed by atoms with E-state index in [2.05, 4.69) is 25.2 Å². The number of hydrogen-bond donors (Lipinski definition) is 4. The van der Waals surface area contributed by atoms with E-state index in [1.54, 1.807) is 31.2 Å². The minimum absolute atomic E-state index is 0.0146. The molecule has 0 spiro atoms. The van der Waals surface area contributed by atoms with Crippen LogP contribution >= 0.6 is 23.2 Å².